The van der Waals surface area contributed by atoms with Crippen molar-refractivity contribution in [2.45, 2.75) is 11.8 Å². The van der Waals surface area contributed by atoms with Crippen molar-refractivity contribution in [1.82, 2.24) is 0 Å². The zero-order valence-electron chi connectivity index (χ0n) is 8.89. The lowest BCUT2D eigenvalue weighted by atomic mass is 10.1. The van der Waals surface area contributed by atoms with Crippen LogP contribution in [-0.4, -0.2) is 0 Å². The monoisotopic (exact) mass is 414 g/mol. The third kappa shape index (κ3) is 3.13. The number of alkyl halides is 1. The third-order valence-electron chi connectivity index (χ3n) is 2.47. The van der Waals surface area contributed by atoms with Crippen LogP contribution in [0.15, 0.2) is 31.8 Å². The molecule has 1 heterocycles. The fourth-order valence-corrected chi connectivity index (χ4v) is 5.08. The number of hydrogen-bond donors (Lipinski definition) is 0. The molecule has 18 heavy (non-hydrogen) atoms. The molecule has 0 aliphatic heterocycles. The molecule has 2 rings (SSSR count). The largest absolute Gasteiger partial charge is 0.207 e. The normalized spacial score (nSPS) is 12.7. The fourth-order valence-electron chi connectivity index (χ4n) is 1.58. The number of rotatable bonds is 3. The average molecular weight is 417 g/mol. The van der Waals surface area contributed by atoms with E-state index in [-0.39, 0.29) is 12.0 Å². The highest BCUT2D eigenvalue weighted by atomic mass is 79.9. The first-order chi connectivity index (χ1) is 8.49. The van der Waals surface area contributed by atoms with Crippen molar-refractivity contribution < 1.29 is 8.78 Å². The van der Waals surface area contributed by atoms with Gasteiger partial charge in [0.25, 0.3) is 0 Å². The minimum Gasteiger partial charge on any atom is -0.207 e. The molecule has 0 saturated carbocycles. The van der Waals surface area contributed by atoms with Gasteiger partial charge in [-0.25, -0.2) is 8.78 Å². The molecular formula is C12H7Br2ClF2S. The SMILES string of the molecule is Fc1cccc(F)c1CC(Cl)c1cc(Br)sc1Br. The van der Waals surface area contributed by atoms with E-state index in [1.54, 1.807) is 0 Å². The maximum atomic E-state index is 13.5. The van der Waals surface area contributed by atoms with Crippen molar-refractivity contribution in [3.8, 4) is 0 Å². The predicted molar refractivity (Wildman–Crippen MR) is 78.4 cm³/mol. The standard InChI is InChI=1S/C12H7Br2ClF2S/c13-11-5-6(12(14)18-11)8(15)4-7-9(16)2-1-3-10(7)17/h1-3,5,8H,4H2. The van der Waals surface area contributed by atoms with Gasteiger partial charge < -0.3 is 0 Å². The molecule has 1 atom stereocenters. The highest BCUT2D eigenvalue weighted by Crippen LogP contribution is 2.39. The summed E-state index contributed by atoms with van der Waals surface area (Å²) in [6, 6.07) is 5.67. The fraction of sp³-hybridized carbons (Fsp3) is 0.167. The van der Waals surface area contributed by atoms with E-state index < -0.39 is 17.0 Å². The van der Waals surface area contributed by atoms with Gasteiger partial charge >= 0.3 is 0 Å². The molecule has 0 N–H and O–H groups in total. The van der Waals surface area contributed by atoms with Crippen LogP contribution in [-0.2, 0) is 6.42 Å². The molecule has 0 nitrogen and oxygen atoms in total. The highest BCUT2D eigenvalue weighted by molar-refractivity contribution is 9.12. The maximum Gasteiger partial charge on any atom is 0.129 e. The maximum absolute atomic E-state index is 13.5. The second kappa shape index (κ2) is 5.99. The van der Waals surface area contributed by atoms with Gasteiger partial charge in [0.15, 0.2) is 0 Å². The summed E-state index contributed by atoms with van der Waals surface area (Å²) in [5.74, 6) is -1.13. The molecule has 1 aromatic heterocycles. The smallest absolute Gasteiger partial charge is 0.129 e. The van der Waals surface area contributed by atoms with E-state index >= 15 is 0 Å². The highest BCUT2D eigenvalue weighted by Gasteiger charge is 2.19. The van der Waals surface area contributed by atoms with E-state index in [4.69, 9.17) is 11.6 Å². The minimum atomic E-state index is -0.564. The van der Waals surface area contributed by atoms with Gasteiger partial charge in [-0.1, -0.05) is 6.07 Å². The van der Waals surface area contributed by atoms with Crippen molar-refractivity contribution in [2.75, 3.05) is 0 Å². The Morgan fingerprint density at radius 1 is 1.22 bits per heavy atom. The lowest BCUT2D eigenvalue weighted by Gasteiger charge is -2.10. The van der Waals surface area contributed by atoms with Gasteiger partial charge in [-0.05, 0) is 62.0 Å². The topological polar surface area (TPSA) is 0 Å². The first kappa shape index (κ1) is 14.4. The summed E-state index contributed by atoms with van der Waals surface area (Å²) in [5, 5.41) is -0.478. The summed E-state index contributed by atoms with van der Waals surface area (Å²) in [6.07, 6.45) is 0.113. The molecule has 0 aliphatic carbocycles. The van der Waals surface area contributed by atoms with Gasteiger partial charge in [0.1, 0.15) is 11.6 Å². The predicted octanol–water partition coefficient (Wildman–Crippen LogP) is 6.07. The second-order valence-electron chi connectivity index (χ2n) is 3.65. The molecular weight excluding hydrogens is 409 g/mol. The Kier molecular flexibility index (Phi) is 4.80. The molecule has 0 fully saturated rings. The van der Waals surface area contributed by atoms with Gasteiger partial charge in [0, 0.05) is 5.56 Å². The van der Waals surface area contributed by atoms with Crippen LogP contribution in [0.2, 0.25) is 0 Å². The first-order valence-electron chi connectivity index (χ1n) is 5.00. The Bertz CT molecular complexity index is 551. The van der Waals surface area contributed by atoms with Crippen molar-refractivity contribution in [2.24, 2.45) is 0 Å². The van der Waals surface area contributed by atoms with Gasteiger partial charge in [-0.15, -0.1) is 22.9 Å². The Hall–Kier alpha value is 0.0300. The summed E-state index contributed by atoms with van der Waals surface area (Å²) in [5.41, 5.74) is 0.850. The average Bonchev–Trinajstić information content (AvgIpc) is 2.63. The van der Waals surface area contributed by atoms with Gasteiger partial charge in [0.2, 0.25) is 0 Å². The summed E-state index contributed by atoms with van der Waals surface area (Å²) in [4.78, 5) is 0. The van der Waals surface area contributed by atoms with Crippen molar-refractivity contribution in [3.63, 3.8) is 0 Å². The Balaban J connectivity index is 2.26. The second-order valence-corrected chi connectivity index (χ2v) is 7.93. The van der Waals surface area contributed by atoms with Crippen molar-refractivity contribution >= 4 is 54.8 Å². The lowest BCUT2D eigenvalue weighted by Crippen LogP contribution is -2.01. The van der Waals surface area contributed by atoms with E-state index in [9.17, 15) is 8.78 Å². The molecule has 0 amide bonds. The summed E-state index contributed by atoms with van der Waals surface area (Å²) in [6.45, 7) is 0. The van der Waals surface area contributed by atoms with Crippen LogP contribution in [0.3, 0.4) is 0 Å². The molecule has 1 aromatic carbocycles. The van der Waals surface area contributed by atoms with Crippen LogP contribution >= 0.6 is 54.8 Å². The van der Waals surface area contributed by atoms with E-state index in [0.717, 1.165) is 13.1 Å². The van der Waals surface area contributed by atoms with Crippen LogP contribution in [0.4, 0.5) is 8.78 Å². The zero-order valence-corrected chi connectivity index (χ0v) is 13.6. The minimum absolute atomic E-state index is 0.0201. The Morgan fingerprint density at radius 3 is 2.33 bits per heavy atom. The first-order valence-corrected chi connectivity index (χ1v) is 7.84. The third-order valence-corrected chi connectivity index (χ3v) is 5.24. The van der Waals surface area contributed by atoms with Crippen molar-refractivity contribution in [1.29, 1.82) is 0 Å². The number of benzene rings is 1. The zero-order chi connectivity index (χ0) is 13.3. The molecule has 0 saturated heterocycles. The lowest BCUT2D eigenvalue weighted by molar-refractivity contribution is 0.553. The van der Waals surface area contributed by atoms with E-state index in [2.05, 4.69) is 31.9 Å². The van der Waals surface area contributed by atoms with E-state index in [1.807, 2.05) is 6.07 Å². The molecule has 96 valence electrons. The van der Waals surface area contributed by atoms with E-state index in [0.29, 0.717) is 0 Å². The van der Waals surface area contributed by atoms with Crippen LogP contribution < -0.4 is 0 Å². The van der Waals surface area contributed by atoms with Crippen LogP contribution in [0.1, 0.15) is 16.5 Å². The van der Waals surface area contributed by atoms with E-state index in [1.165, 1.54) is 29.5 Å². The summed E-state index contributed by atoms with van der Waals surface area (Å²) < 4.78 is 28.8. The molecule has 1 unspecified atom stereocenters. The Morgan fingerprint density at radius 2 is 1.83 bits per heavy atom. The number of halogens is 5. The van der Waals surface area contributed by atoms with Gasteiger partial charge in [0.05, 0.1) is 12.9 Å². The van der Waals surface area contributed by atoms with Gasteiger partial charge in [-0.2, -0.15) is 0 Å². The van der Waals surface area contributed by atoms with Crippen LogP contribution in [0.25, 0.3) is 0 Å². The summed E-state index contributed by atoms with van der Waals surface area (Å²) >= 11 is 14.4. The van der Waals surface area contributed by atoms with Crippen LogP contribution in [0.5, 0.6) is 0 Å². The molecule has 2 aromatic rings. The molecule has 0 radical (unpaired) electrons. The molecule has 0 aliphatic rings. The van der Waals surface area contributed by atoms with Crippen LogP contribution in [0, 0.1) is 11.6 Å². The number of hydrogen-bond acceptors (Lipinski definition) is 1. The molecule has 6 heteroatoms. The van der Waals surface area contributed by atoms with Gasteiger partial charge in [-0.3, -0.25) is 0 Å². The summed E-state index contributed by atoms with van der Waals surface area (Å²) in [7, 11) is 0. The quantitative estimate of drug-likeness (QED) is 0.533. The molecule has 0 spiro atoms. The van der Waals surface area contributed by atoms with Crippen molar-refractivity contribution in [3.05, 3.63) is 54.6 Å². The molecule has 0 bridgehead atoms. The Labute approximate surface area is 129 Å². The number of thiophene rings is 1.